The first-order valence-corrected chi connectivity index (χ1v) is 13.2. The lowest BCUT2D eigenvalue weighted by molar-refractivity contribution is 0.0973. The molecule has 0 saturated heterocycles. The van der Waals surface area contributed by atoms with E-state index in [1.807, 2.05) is 0 Å². The first-order chi connectivity index (χ1) is 20.0. The first-order valence-electron chi connectivity index (χ1n) is 13.2. The second kappa shape index (κ2) is 12.1. The first kappa shape index (κ1) is 29.7. The van der Waals surface area contributed by atoms with Crippen molar-refractivity contribution >= 4 is 17.3 Å². The van der Waals surface area contributed by atoms with Crippen LogP contribution in [0.1, 0.15) is 78.7 Å². The third kappa shape index (κ3) is 5.12. The number of hydrogen-bond acceptors (Lipinski definition) is 9. The van der Waals surface area contributed by atoms with Crippen molar-refractivity contribution in [2.75, 3.05) is 7.11 Å². The van der Waals surface area contributed by atoms with E-state index in [9.17, 15) is 39.9 Å². The summed E-state index contributed by atoms with van der Waals surface area (Å²) >= 11 is 0. The highest BCUT2D eigenvalue weighted by molar-refractivity contribution is 6.19. The molecule has 0 fully saturated rings. The second-order valence-electron chi connectivity index (χ2n) is 9.72. The Morgan fingerprint density at radius 2 is 1.07 bits per heavy atom. The number of Topliss-reactive ketones (excluding diaryl/α,β-unsaturated/α-hetero) is 1. The molecule has 0 aliphatic heterocycles. The summed E-state index contributed by atoms with van der Waals surface area (Å²) in [7, 11) is 1.28. The number of aromatic hydroxyl groups is 5. The number of carbonyl (C=O) groups excluding carboxylic acids is 3. The largest absolute Gasteiger partial charge is 0.507 e. The van der Waals surface area contributed by atoms with Crippen LogP contribution in [0, 0.1) is 6.92 Å². The summed E-state index contributed by atoms with van der Waals surface area (Å²) in [5, 5.41) is 56.1. The molecule has 9 heteroatoms. The standard InChI is InChI=1S/C33H30O9/c1-4-11-22(34)23-29(38)20(26(35)17(2)33(23)42-3)16-21-30(39)24(27(36)18-12-7-5-8-13-18)32(41)25(31(21)40)28(37)19-14-9-6-10-15-19/h5-10,12-15,35,38-41H,4,11,16H2,1-3H3. The van der Waals surface area contributed by atoms with E-state index in [0.717, 1.165) is 0 Å². The van der Waals surface area contributed by atoms with E-state index in [1.54, 1.807) is 43.3 Å². The molecule has 0 radical (unpaired) electrons. The van der Waals surface area contributed by atoms with Crippen LogP contribution < -0.4 is 4.74 Å². The minimum atomic E-state index is -0.936. The van der Waals surface area contributed by atoms with E-state index in [-0.39, 0.29) is 40.0 Å². The van der Waals surface area contributed by atoms with Crippen molar-refractivity contribution in [1.82, 2.24) is 0 Å². The van der Waals surface area contributed by atoms with Gasteiger partial charge in [-0.15, -0.1) is 0 Å². The maximum Gasteiger partial charge on any atom is 0.200 e. The average Bonchev–Trinajstić information content (AvgIpc) is 2.99. The number of carbonyl (C=O) groups is 3. The molecular formula is C33H30O9. The van der Waals surface area contributed by atoms with Crippen LogP contribution in [0.5, 0.6) is 34.5 Å². The molecule has 42 heavy (non-hydrogen) atoms. The molecular weight excluding hydrogens is 540 g/mol. The van der Waals surface area contributed by atoms with Crippen molar-refractivity contribution in [3.63, 3.8) is 0 Å². The van der Waals surface area contributed by atoms with Gasteiger partial charge in [0.1, 0.15) is 51.2 Å². The zero-order valence-corrected chi connectivity index (χ0v) is 23.3. The summed E-state index contributed by atoms with van der Waals surface area (Å²) in [5.74, 6) is -5.98. The molecule has 0 bridgehead atoms. The van der Waals surface area contributed by atoms with E-state index < -0.39 is 69.2 Å². The Labute approximate surface area is 241 Å². The molecule has 0 aliphatic carbocycles. The molecule has 9 nitrogen and oxygen atoms in total. The number of ether oxygens (including phenoxy) is 1. The molecule has 4 aromatic rings. The lowest BCUT2D eigenvalue weighted by Crippen LogP contribution is -2.11. The van der Waals surface area contributed by atoms with Gasteiger partial charge in [-0.3, -0.25) is 14.4 Å². The van der Waals surface area contributed by atoms with Crippen LogP contribution in [0.2, 0.25) is 0 Å². The Balaban J connectivity index is 2.03. The smallest absolute Gasteiger partial charge is 0.200 e. The van der Waals surface area contributed by atoms with Crippen LogP contribution in [-0.4, -0.2) is 50.0 Å². The maximum atomic E-state index is 13.5. The fraction of sp³-hybridized carbons (Fsp3) is 0.182. The number of benzene rings is 4. The monoisotopic (exact) mass is 570 g/mol. The normalized spacial score (nSPS) is 10.8. The zero-order chi connectivity index (χ0) is 30.7. The Kier molecular flexibility index (Phi) is 8.51. The van der Waals surface area contributed by atoms with Crippen LogP contribution in [0.15, 0.2) is 60.7 Å². The summed E-state index contributed by atoms with van der Waals surface area (Å²) in [6.45, 7) is 3.24. The molecule has 216 valence electrons. The predicted octanol–water partition coefficient (Wildman–Crippen LogP) is 5.57. The van der Waals surface area contributed by atoms with Gasteiger partial charge < -0.3 is 30.3 Å². The van der Waals surface area contributed by atoms with Gasteiger partial charge >= 0.3 is 0 Å². The van der Waals surface area contributed by atoms with E-state index in [2.05, 4.69) is 0 Å². The lowest BCUT2D eigenvalue weighted by Gasteiger charge is -2.21. The average molecular weight is 571 g/mol. The molecule has 5 N–H and O–H groups in total. The summed E-state index contributed by atoms with van der Waals surface area (Å²) < 4.78 is 5.31. The van der Waals surface area contributed by atoms with Crippen molar-refractivity contribution in [2.24, 2.45) is 0 Å². The number of hydrogen-bond donors (Lipinski definition) is 5. The van der Waals surface area contributed by atoms with Crippen molar-refractivity contribution in [2.45, 2.75) is 33.1 Å². The van der Waals surface area contributed by atoms with Gasteiger partial charge in [-0.25, -0.2) is 0 Å². The van der Waals surface area contributed by atoms with Crippen molar-refractivity contribution in [3.8, 4) is 34.5 Å². The Morgan fingerprint density at radius 1 is 0.643 bits per heavy atom. The summed E-state index contributed by atoms with van der Waals surface area (Å²) in [5.41, 5.74) is -1.92. The van der Waals surface area contributed by atoms with E-state index in [0.29, 0.717) is 6.42 Å². The Bertz CT molecular complexity index is 1610. The maximum absolute atomic E-state index is 13.5. The minimum absolute atomic E-state index is 0.0359. The minimum Gasteiger partial charge on any atom is -0.507 e. The van der Waals surface area contributed by atoms with E-state index >= 15 is 0 Å². The number of ketones is 3. The fourth-order valence-electron chi connectivity index (χ4n) is 4.93. The number of phenolic OH excluding ortho intramolecular Hbond substituents is 5. The van der Waals surface area contributed by atoms with Gasteiger partial charge in [0, 0.05) is 40.7 Å². The summed E-state index contributed by atoms with van der Waals surface area (Å²) in [6.07, 6.45) is -0.0993. The van der Waals surface area contributed by atoms with Gasteiger partial charge in [-0.1, -0.05) is 67.6 Å². The highest BCUT2D eigenvalue weighted by atomic mass is 16.5. The number of methoxy groups -OCH3 is 1. The molecule has 0 saturated carbocycles. The highest BCUT2D eigenvalue weighted by Gasteiger charge is 2.34. The van der Waals surface area contributed by atoms with Gasteiger partial charge in [-0.2, -0.15) is 0 Å². The molecule has 0 unspecified atom stereocenters. The van der Waals surface area contributed by atoms with Gasteiger partial charge in [0.15, 0.2) is 5.78 Å². The van der Waals surface area contributed by atoms with Crippen molar-refractivity contribution < 1.29 is 44.7 Å². The topological polar surface area (TPSA) is 162 Å². The van der Waals surface area contributed by atoms with Crippen molar-refractivity contribution in [1.29, 1.82) is 0 Å². The Hall–Kier alpha value is -5.31. The third-order valence-corrected chi connectivity index (χ3v) is 7.09. The third-order valence-electron chi connectivity index (χ3n) is 7.09. The SMILES string of the molecule is CCCC(=O)c1c(O)c(Cc2c(O)c(C(=O)c3ccccc3)c(O)c(C(=O)c3ccccc3)c2O)c(O)c(C)c1OC. The molecule has 0 atom stereocenters. The van der Waals surface area contributed by atoms with E-state index in [4.69, 9.17) is 4.74 Å². The van der Waals surface area contributed by atoms with Crippen molar-refractivity contribution in [3.05, 3.63) is 105 Å². The molecule has 0 heterocycles. The quantitative estimate of drug-likeness (QED) is 0.154. The summed E-state index contributed by atoms with van der Waals surface area (Å²) in [6, 6.07) is 15.4. The molecule has 0 aromatic heterocycles. The van der Waals surface area contributed by atoms with Gasteiger partial charge in [0.2, 0.25) is 11.6 Å². The predicted molar refractivity (Wildman–Crippen MR) is 154 cm³/mol. The van der Waals surface area contributed by atoms with E-state index in [1.165, 1.54) is 38.3 Å². The molecule has 0 aliphatic rings. The lowest BCUT2D eigenvalue weighted by atomic mass is 9.87. The summed E-state index contributed by atoms with van der Waals surface area (Å²) in [4.78, 5) is 40.0. The number of phenols is 5. The highest BCUT2D eigenvalue weighted by Crippen LogP contribution is 2.49. The second-order valence-corrected chi connectivity index (χ2v) is 9.72. The van der Waals surface area contributed by atoms with Gasteiger partial charge in [-0.05, 0) is 13.3 Å². The van der Waals surface area contributed by atoms with Crippen LogP contribution in [0.4, 0.5) is 0 Å². The zero-order valence-electron chi connectivity index (χ0n) is 23.3. The fourth-order valence-corrected chi connectivity index (χ4v) is 4.93. The van der Waals surface area contributed by atoms with Crippen LogP contribution in [-0.2, 0) is 6.42 Å². The number of rotatable bonds is 10. The Morgan fingerprint density at radius 3 is 1.50 bits per heavy atom. The van der Waals surface area contributed by atoms with Crippen LogP contribution in [0.25, 0.3) is 0 Å². The van der Waals surface area contributed by atoms with Gasteiger partial charge in [0.05, 0.1) is 7.11 Å². The molecule has 0 amide bonds. The van der Waals surface area contributed by atoms with Crippen LogP contribution in [0.3, 0.4) is 0 Å². The molecule has 0 spiro atoms. The molecule has 4 aromatic carbocycles. The van der Waals surface area contributed by atoms with Gasteiger partial charge in [0.25, 0.3) is 0 Å². The van der Waals surface area contributed by atoms with Crippen LogP contribution >= 0.6 is 0 Å². The molecule has 4 rings (SSSR count).